The van der Waals surface area contributed by atoms with Gasteiger partial charge in [-0.15, -0.1) is 0 Å². The van der Waals surface area contributed by atoms with Gasteiger partial charge < -0.3 is 14.5 Å². The number of nitrogens with zero attached hydrogens (tertiary/aromatic N) is 2. The van der Waals surface area contributed by atoms with Gasteiger partial charge in [-0.25, -0.2) is 0 Å². The van der Waals surface area contributed by atoms with Crippen molar-refractivity contribution >= 4 is 81.6 Å². The number of nitrogens with one attached hydrogen (secondary N) is 2. The van der Waals surface area contributed by atoms with Crippen molar-refractivity contribution in [2.24, 2.45) is 0 Å². The van der Waals surface area contributed by atoms with Crippen molar-refractivity contribution in [2.45, 2.75) is 12.3 Å². The van der Waals surface area contributed by atoms with Crippen LogP contribution in [0.15, 0.2) is 243 Å². The molecule has 0 amide bonds. The van der Waals surface area contributed by atoms with Crippen LogP contribution in [0.2, 0.25) is 0 Å². The summed E-state index contributed by atoms with van der Waals surface area (Å²) in [5.41, 5.74) is 16.7. The maximum atomic E-state index is 4.24. The van der Waals surface area contributed by atoms with Crippen molar-refractivity contribution in [3.63, 3.8) is 0 Å². The predicted molar refractivity (Wildman–Crippen MR) is 294 cm³/mol. The molecule has 0 radical (unpaired) electrons. The number of aromatic nitrogens is 2. The fourth-order valence-electron chi connectivity index (χ4n) is 12.1. The van der Waals surface area contributed by atoms with Crippen molar-refractivity contribution in [1.29, 1.82) is 0 Å². The van der Waals surface area contributed by atoms with E-state index in [1.807, 2.05) is 0 Å². The summed E-state index contributed by atoms with van der Waals surface area (Å²) in [5, 5.41) is 20.8. The zero-order valence-electron chi connectivity index (χ0n) is 38.1. The first-order valence-corrected chi connectivity index (χ1v) is 24.3. The van der Waals surface area contributed by atoms with E-state index in [-0.39, 0.29) is 12.3 Å². The number of fused-ring (bicyclic) bond motifs is 5. The molecular weight excluding hydrogens is 849 g/mol. The smallest absolute Gasteiger partial charge is 0.160 e. The third-order valence-electron chi connectivity index (χ3n) is 15.1. The molecule has 2 atom stereocenters. The van der Waals surface area contributed by atoms with Crippen LogP contribution >= 0.6 is 0 Å². The molecule has 0 fully saturated rings. The molecule has 2 N–H and O–H groups in total. The minimum Gasteiger partial charge on any atom is -0.352 e. The average molecular weight is 893 g/mol. The fourth-order valence-corrected chi connectivity index (χ4v) is 12.1. The number of hydrogen-bond donors (Lipinski definition) is 2. The van der Waals surface area contributed by atoms with Gasteiger partial charge in [-0.05, 0) is 132 Å². The summed E-state index contributed by atoms with van der Waals surface area (Å²) in [4.78, 5) is 0. The summed E-state index contributed by atoms with van der Waals surface area (Å²) in [7, 11) is 0. The average Bonchev–Trinajstić information content (AvgIpc) is 3.96. The Morgan fingerprint density at radius 3 is 1.49 bits per heavy atom. The Hall–Kier alpha value is -8.96. The van der Waals surface area contributed by atoms with Crippen LogP contribution in [0.3, 0.4) is 0 Å². The predicted octanol–water partition coefficient (Wildman–Crippen LogP) is 17.1. The van der Waals surface area contributed by atoms with Gasteiger partial charge in [0.15, 0.2) is 6.29 Å². The maximum absolute atomic E-state index is 4.24. The Bertz CT molecular complexity index is 4300. The number of anilines is 1. The lowest BCUT2D eigenvalue weighted by Gasteiger charge is -2.36. The molecule has 2 aromatic heterocycles. The quantitative estimate of drug-likeness (QED) is 0.174. The van der Waals surface area contributed by atoms with Crippen molar-refractivity contribution < 1.29 is 0 Å². The SMILES string of the molecule is c1ccc(-c2cc(-c3ccccc3)cc(C3NC(n4c5cccc6c7ccccc7c7cccc8c7c7c(c65)c4ccc7n8-c4cc(-c5ccccc5)cc5ccccc45)Nc4ccccc43)c2)cc1. The van der Waals surface area contributed by atoms with E-state index >= 15 is 0 Å². The van der Waals surface area contributed by atoms with Crippen LogP contribution in [0, 0.1) is 0 Å². The molecule has 0 spiro atoms. The molecule has 2 unspecified atom stereocenters. The molecule has 0 saturated carbocycles. The van der Waals surface area contributed by atoms with Crippen LogP contribution in [0.4, 0.5) is 5.69 Å². The van der Waals surface area contributed by atoms with Crippen molar-refractivity contribution in [3.05, 3.63) is 254 Å². The molecule has 1 aliphatic rings. The summed E-state index contributed by atoms with van der Waals surface area (Å²) in [6.45, 7) is 0. The van der Waals surface area contributed by atoms with Crippen LogP contribution in [0.1, 0.15) is 23.5 Å². The molecule has 4 heteroatoms. The van der Waals surface area contributed by atoms with Gasteiger partial charge in [-0.2, -0.15) is 0 Å². The summed E-state index contributed by atoms with van der Waals surface area (Å²) in [6.07, 6.45) is -0.302. The molecule has 70 heavy (non-hydrogen) atoms. The zero-order valence-corrected chi connectivity index (χ0v) is 38.1. The van der Waals surface area contributed by atoms with Gasteiger partial charge in [0.25, 0.3) is 0 Å². The first kappa shape index (κ1) is 39.1. The molecular formula is C66H44N4. The van der Waals surface area contributed by atoms with Crippen LogP contribution in [0.5, 0.6) is 0 Å². The van der Waals surface area contributed by atoms with Crippen molar-refractivity contribution in [3.8, 4) is 39.1 Å². The van der Waals surface area contributed by atoms with Crippen molar-refractivity contribution in [1.82, 2.24) is 14.5 Å². The summed E-state index contributed by atoms with van der Waals surface area (Å²) in [5.74, 6) is 0. The van der Waals surface area contributed by atoms with E-state index in [9.17, 15) is 0 Å². The van der Waals surface area contributed by atoms with E-state index in [1.54, 1.807) is 0 Å². The number of benzene rings is 11. The Morgan fingerprint density at radius 1 is 0.329 bits per heavy atom. The molecule has 0 saturated heterocycles. The number of hydrogen-bond acceptors (Lipinski definition) is 2. The van der Waals surface area contributed by atoms with Crippen LogP contribution < -0.4 is 10.6 Å². The molecule has 328 valence electrons. The molecule has 3 heterocycles. The summed E-state index contributed by atoms with van der Waals surface area (Å²) in [6, 6.07) is 89.4. The van der Waals surface area contributed by atoms with E-state index < -0.39 is 0 Å². The molecule has 0 aliphatic carbocycles. The Kier molecular flexibility index (Phi) is 8.53. The highest BCUT2D eigenvalue weighted by Gasteiger charge is 2.32. The van der Waals surface area contributed by atoms with E-state index in [1.165, 1.54) is 126 Å². The van der Waals surface area contributed by atoms with Crippen molar-refractivity contribution in [2.75, 3.05) is 5.32 Å². The lowest BCUT2D eigenvalue weighted by molar-refractivity contribution is 0.417. The van der Waals surface area contributed by atoms with E-state index in [4.69, 9.17) is 0 Å². The van der Waals surface area contributed by atoms with E-state index in [2.05, 4.69) is 262 Å². The molecule has 14 aromatic rings. The molecule has 12 aromatic carbocycles. The van der Waals surface area contributed by atoms with Gasteiger partial charge >= 0.3 is 0 Å². The molecule has 0 bridgehead atoms. The minimum absolute atomic E-state index is 0.122. The summed E-state index contributed by atoms with van der Waals surface area (Å²) >= 11 is 0. The molecule has 1 aliphatic heterocycles. The number of para-hydroxylation sites is 1. The largest absolute Gasteiger partial charge is 0.352 e. The third-order valence-corrected chi connectivity index (χ3v) is 15.1. The highest BCUT2D eigenvalue weighted by molar-refractivity contribution is 6.39. The lowest BCUT2D eigenvalue weighted by atomic mass is 9.89. The zero-order chi connectivity index (χ0) is 45.9. The van der Waals surface area contributed by atoms with Gasteiger partial charge in [0, 0.05) is 32.6 Å². The minimum atomic E-state index is -0.302. The number of rotatable bonds is 6. The van der Waals surface area contributed by atoms with Crippen LogP contribution in [-0.4, -0.2) is 9.13 Å². The monoisotopic (exact) mass is 892 g/mol. The van der Waals surface area contributed by atoms with Crippen LogP contribution in [-0.2, 0) is 0 Å². The highest BCUT2D eigenvalue weighted by atomic mass is 15.3. The Balaban J connectivity index is 1.02. The van der Waals surface area contributed by atoms with Gasteiger partial charge in [-0.3, -0.25) is 5.32 Å². The maximum Gasteiger partial charge on any atom is 0.160 e. The summed E-state index contributed by atoms with van der Waals surface area (Å²) < 4.78 is 5.09. The van der Waals surface area contributed by atoms with Gasteiger partial charge in [0.05, 0.1) is 33.8 Å². The standard InChI is InChI=1S/C66H44N4/c1-4-18-41(19-5-1)45-37-46(42-20-6-2-7-21-42)39-48(38-45)65-54-28-14-15-31-55(54)67-66(68-65)70-57-33-17-30-53-51-27-13-12-26-50(51)52-29-16-32-56-61(52)63-58(34-35-59(70)64(63)62(53)57)69(56)60-40-47(43-22-8-3-9-23-43)36-44-24-10-11-25-49(44)60/h1-40,65-68H. The van der Waals surface area contributed by atoms with Crippen LogP contribution in [0.25, 0.3) is 115 Å². The van der Waals surface area contributed by atoms with Gasteiger partial charge in [0.1, 0.15) is 0 Å². The van der Waals surface area contributed by atoms with Gasteiger partial charge in [0.2, 0.25) is 0 Å². The van der Waals surface area contributed by atoms with E-state index in [0.717, 1.165) is 5.69 Å². The second-order valence-electron chi connectivity index (χ2n) is 18.9. The first-order valence-electron chi connectivity index (χ1n) is 24.3. The van der Waals surface area contributed by atoms with Gasteiger partial charge in [-0.1, -0.05) is 182 Å². The normalized spacial score (nSPS) is 14.9. The Morgan fingerprint density at radius 2 is 0.814 bits per heavy atom. The third kappa shape index (κ3) is 5.81. The fraction of sp³-hybridized carbons (Fsp3) is 0.0303. The molecule has 15 rings (SSSR count). The topological polar surface area (TPSA) is 33.9 Å². The second kappa shape index (κ2) is 15.3. The lowest BCUT2D eigenvalue weighted by Crippen LogP contribution is -2.40. The van der Waals surface area contributed by atoms with E-state index in [0.29, 0.717) is 0 Å². The Labute approximate surface area is 404 Å². The first-order chi connectivity index (χ1) is 34.7. The second-order valence-corrected chi connectivity index (χ2v) is 18.9. The molecule has 4 nitrogen and oxygen atoms in total. The highest BCUT2D eigenvalue weighted by Crippen LogP contribution is 2.49.